The van der Waals surface area contributed by atoms with E-state index in [1.165, 1.54) is 12.1 Å². The van der Waals surface area contributed by atoms with Crippen LogP contribution in [0.25, 0.3) is 0 Å². The molecule has 0 radical (unpaired) electrons. The Hall–Kier alpha value is -1.17. The number of hydrogen-bond donors (Lipinski definition) is 1. The van der Waals surface area contributed by atoms with E-state index in [1.54, 1.807) is 0 Å². The average Bonchev–Trinajstić information content (AvgIpc) is 2.40. The highest BCUT2D eigenvalue weighted by atomic mass is 35.5. The van der Waals surface area contributed by atoms with E-state index in [0.717, 1.165) is 18.9 Å². The molecular formula is C12H13ClFNO3. The maximum atomic E-state index is 13.4. The summed E-state index contributed by atoms with van der Waals surface area (Å²) in [6.45, 7) is 0.603. The molecule has 1 atom stereocenters. The molecule has 1 aromatic carbocycles. The van der Waals surface area contributed by atoms with Crippen LogP contribution in [0.4, 0.5) is 4.39 Å². The zero-order valence-electron chi connectivity index (χ0n) is 9.62. The predicted molar refractivity (Wildman–Crippen MR) is 63.6 cm³/mol. The number of carbonyl (C=O) groups excluding carboxylic acids is 1. The van der Waals surface area contributed by atoms with Crippen LogP contribution in [-0.2, 0) is 9.57 Å². The SMILES string of the molecule is O=C(NO[C@H]1CCCCO1)c1cc(Cl)ccc1F. The third kappa shape index (κ3) is 3.41. The number of nitrogens with one attached hydrogen (secondary N) is 1. The highest BCUT2D eigenvalue weighted by Crippen LogP contribution is 2.16. The fourth-order valence-corrected chi connectivity index (χ4v) is 1.82. The molecule has 1 amide bonds. The summed E-state index contributed by atoms with van der Waals surface area (Å²) in [5.41, 5.74) is 2.02. The lowest BCUT2D eigenvalue weighted by Gasteiger charge is -2.22. The van der Waals surface area contributed by atoms with E-state index >= 15 is 0 Å². The summed E-state index contributed by atoms with van der Waals surface area (Å²) in [5.74, 6) is -1.32. The van der Waals surface area contributed by atoms with Crippen LogP contribution in [0.1, 0.15) is 29.6 Å². The van der Waals surface area contributed by atoms with E-state index in [-0.39, 0.29) is 10.6 Å². The summed E-state index contributed by atoms with van der Waals surface area (Å²) in [7, 11) is 0. The van der Waals surface area contributed by atoms with E-state index < -0.39 is 18.0 Å². The van der Waals surface area contributed by atoms with E-state index in [4.69, 9.17) is 21.2 Å². The first-order chi connectivity index (χ1) is 8.66. The van der Waals surface area contributed by atoms with E-state index in [2.05, 4.69) is 5.48 Å². The molecule has 0 bridgehead atoms. The Labute approximate surface area is 109 Å². The van der Waals surface area contributed by atoms with Gasteiger partial charge in [0.25, 0.3) is 5.91 Å². The zero-order chi connectivity index (χ0) is 13.0. The van der Waals surface area contributed by atoms with Crippen LogP contribution in [0.3, 0.4) is 0 Å². The standard InChI is InChI=1S/C12H13ClFNO3/c13-8-4-5-10(14)9(7-8)12(16)15-18-11-3-1-2-6-17-11/h4-5,7,11H,1-3,6H2,(H,15,16)/t11-/m0/s1. The smallest absolute Gasteiger partial charge is 0.277 e. The maximum Gasteiger partial charge on any atom is 0.277 e. The van der Waals surface area contributed by atoms with Gasteiger partial charge in [0.15, 0.2) is 6.29 Å². The van der Waals surface area contributed by atoms with Crippen molar-refractivity contribution in [2.45, 2.75) is 25.6 Å². The molecule has 0 unspecified atom stereocenters. The molecule has 1 fully saturated rings. The summed E-state index contributed by atoms with van der Waals surface area (Å²) < 4.78 is 18.6. The number of carbonyl (C=O) groups is 1. The minimum Gasteiger partial charge on any atom is -0.350 e. The Morgan fingerprint density at radius 3 is 3.06 bits per heavy atom. The van der Waals surface area contributed by atoms with Crippen molar-refractivity contribution < 1.29 is 18.8 Å². The monoisotopic (exact) mass is 273 g/mol. The molecule has 98 valence electrons. The number of hydrogen-bond acceptors (Lipinski definition) is 3. The van der Waals surface area contributed by atoms with Gasteiger partial charge in [0.1, 0.15) is 5.82 Å². The molecular weight excluding hydrogens is 261 g/mol. The second-order valence-corrected chi connectivity index (χ2v) is 4.41. The van der Waals surface area contributed by atoms with Crippen LogP contribution in [0.5, 0.6) is 0 Å². The number of benzene rings is 1. The molecule has 0 aromatic heterocycles. The summed E-state index contributed by atoms with van der Waals surface area (Å²) in [6.07, 6.45) is 2.20. The van der Waals surface area contributed by atoms with Gasteiger partial charge in [0.05, 0.1) is 5.56 Å². The van der Waals surface area contributed by atoms with Crippen molar-refractivity contribution in [3.63, 3.8) is 0 Å². The topological polar surface area (TPSA) is 47.6 Å². The molecule has 2 rings (SSSR count). The Morgan fingerprint density at radius 1 is 1.50 bits per heavy atom. The van der Waals surface area contributed by atoms with Gasteiger partial charge in [-0.1, -0.05) is 11.6 Å². The molecule has 1 heterocycles. The largest absolute Gasteiger partial charge is 0.350 e. The number of ether oxygens (including phenoxy) is 1. The molecule has 0 aliphatic carbocycles. The van der Waals surface area contributed by atoms with Gasteiger partial charge in [-0.3, -0.25) is 4.79 Å². The molecule has 1 saturated heterocycles. The van der Waals surface area contributed by atoms with Crippen molar-refractivity contribution in [3.8, 4) is 0 Å². The second kappa shape index (κ2) is 6.13. The first kappa shape index (κ1) is 13.3. The van der Waals surface area contributed by atoms with Crippen LogP contribution < -0.4 is 5.48 Å². The minimum atomic E-state index is -0.677. The van der Waals surface area contributed by atoms with Crippen molar-refractivity contribution in [3.05, 3.63) is 34.6 Å². The Kier molecular flexibility index (Phi) is 4.52. The maximum absolute atomic E-state index is 13.4. The fraction of sp³-hybridized carbons (Fsp3) is 0.417. The van der Waals surface area contributed by atoms with Gasteiger partial charge in [-0.15, -0.1) is 0 Å². The normalized spacial score (nSPS) is 19.6. The van der Waals surface area contributed by atoms with Gasteiger partial charge in [-0.2, -0.15) is 0 Å². The number of amides is 1. The lowest BCUT2D eigenvalue weighted by atomic mass is 10.2. The van der Waals surface area contributed by atoms with Crippen LogP contribution in [0, 0.1) is 5.82 Å². The molecule has 1 aliphatic heterocycles. The highest BCUT2D eigenvalue weighted by Gasteiger charge is 2.18. The fourth-order valence-electron chi connectivity index (χ4n) is 1.65. The van der Waals surface area contributed by atoms with Gasteiger partial charge in [-0.25, -0.2) is 14.7 Å². The number of rotatable bonds is 3. The van der Waals surface area contributed by atoms with Crippen molar-refractivity contribution in [1.82, 2.24) is 5.48 Å². The van der Waals surface area contributed by atoms with Gasteiger partial charge in [0, 0.05) is 18.1 Å². The third-order valence-corrected chi connectivity index (χ3v) is 2.83. The molecule has 1 aromatic rings. The quantitative estimate of drug-likeness (QED) is 0.862. The van der Waals surface area contributed by atoms with Crippen molar-refractivity contribution in [2.24, 2.45) is 0 Å². The van der Waals surface area contributed by atoms with Crippen LogP contribution in [0.15, 0.2) is 18.2 Å². The zero-order valence-corrected chi connectivity index (χ0v) is 10.4. The Morgan fingerprint density at radius 2 is 2.33 bits per heavy atom. The van der Waals surface area contributed by atoms with Crippen LogP contribution >= 0.6 is 11.6 Å². The second-order valence-electron chi connectivity index (χ2n) is 3.97. The molecule has 4 nitrogen and oxygen atoms in total. The Bertz CT molecular complexity index is 435. The molecule has 18 heavy (non-hydrogen) atoms. The minimum absolute atomic E-state index is 0.154. The number of halogens is 2. The Balaban J connectivity index is 1.92. The lowest BCUT2D eigenvalue weighted by Crippen LogP contribution is -2.33. The van der Waals surface area contributed by atoms with E-state index in [9.17, 15) is 9.18 Å². The van der Waals surface area contributed by atoms with Crippen LogP contribution in [0.2, 0.25) is 5.02 Å². The summed E-state index contributed by atoms with van der Waals surface area (Å²) >= 11 is 5.70. The van der Waals surface area contributed by atoms with Gasteiger partial charge in [0.2, 0.25) is 0 Å². The van der Waals surface area contributed by atoms with E-state index in [0.29, 0.717) is 13.0 Å². The molecule has 0 spiro atoms. The van der Waals surface area contributed by atoms with Gasteiger partial charge in [-0.05, 0) is 31.0 Å². The van der Waals surface area contributed by atoms with Crippen molar-refractivity contribution in [1.29, 1.82) is 0 Å². The number of hydroxylamine groups is 1. The molecule has 0 saturated carbocycles. The molecule has 1 aliphatic rings. The van der Waals surface area contributed by atoms with Crippen LogP contribution in [-0.4, -0.2) is 18.8 Å². The van der Waals surface area contributed by atoms with E-state index in [1.807, 2.05) is 0 Å². The third-order valence-electron chi connectivity index (χ3n) is 2.59. The molecule has 1 N–H and O–H groups in total. The summed E-state index contributed by atoms with van der Waals surface area (Å²) in [6, 6.07) is 3.75. The predicted octanol–water partition coefficient (Wildman–Crippen LogP) is 2.67. The highest BCUT2D eigenvalue weighted by molar-refractivity contribution is 6.30. The van der Waals surface area contributed by atoms with Crippen molar-refractivity contribution >= 4 is 17.5 Å². The van der Waals surface area contributed by atoms with Gasteiger partial charge >= 0.3 is 0 Å². The lowest BCUT2D eigenvalue weighted by molar-refractivity contribution is -0.186. The summed E-state index contributed by atoms with van der Waals surface area (Å²) in [4.78, 5) is 16.7. The first-order valence-electron chi connectivity index (χ1n) is 5.69. The summed E-state index contributed by atoms with van der Waals surface area (Å²) in [5, 5.41) is 0.287. The first-order valence-corrected chi connectivity index (χ1v) is 6.07. The average molecular weight is 274 g/mol. The van der Waals surface area contributed by atoms with Gasteiger partial charge < -0.3 is 4.74 Å². The molecule has 6 heteroatoms. The van der Waals surface area contributed by atoms with Crippen molar-refractivity contribution in [2.75, 3.05) is 6.61 Å².